The average Bonchev–Trinajstić information content (AvgIpc) is 2.68. The van der Waals surface area contributed by atoms with E-state index in [0.717, 1.165) is 17.7 Å². The number of aromatic nitrogens is 1. The summed E-state index contributed by atoms with van der Waals surface area (Å²) in [5.74, 6) is -0.313. The summed E-state index contributed by atoms with van der Waals surface area (Å²) in [6.07, 6.45) is 5.95. The van der Waals surface area contributed by atoms with Crippen LogP contribution in [-0.2, 0) is 11.2 Å². The number of rotatable bonds is 6. The number of amidine groups is 1. The molecule has 1 unspecified atom stereocenters. The topological polar surface area (TPSA) is 54.4 Å². The Bertz CT molecular complexity index is 850. The quantitative estimate of drug-likeness (QED) is 0.557. The van der Waals surface area contributed by atoms with Crippen molar-refractivity contribution in [3.8, 4) is 0 Å². The van der Waals surface area contributed by atoms with Gasteiger partial charge in [-0.1, -0.05) is 43.7 Å². The fourth-order valence-electron chi connectivity index (χ4n) is 2.45. The summed E-state index contributed by atoms with van der Waals surface area (Å²) >= 11 is 5.79. The van der Waals surface area contributed by atoms with Gasteiger partial charge < -0.3 is 5.32 Å². The van der Waals surface area contributed by atoms with Crippen LogP contribution in [0.2, 0.25) is 5.02 Å². The molecule has 2 aromatic rings. The lowest BCUT2D eigenvalue weighted by Gasteiger charge is -2.16. The number of nitrogens with one attached hydrogen (secondary N) is 1. The molecule has 2 rings (SSSR count). The van der Waals surface area contributed by atoms with Gasteiger partial charge in [0, 0.05) is 23.9 Å². The Labute approximate surface area is 164 Å². The van der Waals surface area contributed by atoms with E-state index in [0.29, 0.717) is 5.84 Å². The van der Waals surface area contributed by atoms with Gasteiger partial charge in [-0.3, -0.25) is 9.78 Å². The molecular formula is C21H23ClFN3O. The molecule has 27 heavy (non-hydrogen) atoms. The predicted octanol–water partition coefficient (Wildman–Crippen LogP) is 5.04. The number of allylic oxidation sites excluding steroid dienone is 1. The van der Waals surface area contributed by atoms with Gasteiger partial charge in [-0.25, -0.2) is 9.38 Å². The highest BCUT2D eigenvalue weighted by Gasteiger charge is 2.16. The lowest BCUT2D eigenvalue weighted by atomic mass is 10.1. The molecule has 1 N–H and O–H groups in total. The van der Waals surface area contributed by atoms with Crippen LogP contribution >= 0.6 is 11.6 Å². The Morgan fingerprint density at radius 3 is 2.67 bits per heavy atom. The van der Waals surface area contributed by atoms with Gasteiger partial charge in [0.2, 0.25) is 5.91 Å². The summed E-state index contributed by atoms with van der Waals surface area (Å²) in [6.45, 7) is 5.89. The molecule has 0 saturated heterocycles. The van der Waals surface area contributed by atoms with Crippen molar-refractivity contribution in [2.75, 3.05) is 0 Å². The van der Waals surface area contributed by atoms with Crippen molar-refractivity contribution in [3.05, 3.63) is 70.8 Å². The Morgan fingerprint density at radius 1 is 1.33 bits per heavy atom. The standard InChI is InChI=1S/C21H23ClFN3O/c1-4-14(3)21(25-18(5-2)15-9-11-24-12-10-15)26-19(27)13-16-7-6-8-17(22)20(16)23/h5-12,14H,4,13H2,1-3H3,(H,25,26,27)/b18-5-. The predicted molar refractivity (Wildman–Crippen MR) is 108 cm³/mol. The van der Waals surface area contributed by atoms with Crippen molar-refractivity contribution in [1.82, 2.24) is 10.3 Å². The molecule has 4 nitrogen and oxygen atoms in total. The number of halogens is 2. The van der Waals surface area contributed by atoms with Gasteiger partial charge in [0.05, 0.1) is 17.1 Å². The first-order chi connectivity index (χ1) is 13.0. The summed E-state index contributed by atoms with van der Waals surface area (Å²) in [4.78, 5) is 21.1. The van der Waals surface area contributed by atoms with E-state index in [1.54, 1.807) is 24.5 Å². The fraction of sp³-hybridized carbons (Fsp3) is 0.286. The van der Waals surface area contributed by atoms with Crippen LogP contribution in [0.3, 0.4) is 0 Å². The Kier molecular flexibility index (Phi) is 7.67. The molecule has 0 bridgehead atoms. The summed E-state index contributed by atoms with van der Waals surface area (Å²) in [6, 6.07) is 8.35. The molecule has 1 aromatic heterocycles. The Hall–Kier alpha value is -2.53. The molecule has 0 aliphatic heterocycles. The van der Waals surface area contributed by atoms with Crippen LogP contribution in [0.4, 0.5) is 4.39 Å². The monoisotopic (exact) mass is 387 g/mol. The van der Waals surface area contributed by atoms with Crippen LogP contribution in [0.15, 0.2) is 53.8 Å². The van der Waals surface area contributed by atoms with E-state index in [1.165, 1.54) is 6.07 Å². The van der Waals surface area contributed by atoms with Crippen LogP contribution in [0.5, 0.6) is 0 Å². The number of carbonyl (C=O) groups is 1. The van der Waals surface area contributed by atoms with E-state index in [9.17, 15) is 9.18 Å². The van der Waals surface area contributed by atoms with Gasteiger partial charge in [0.25, 0.3) is 0 Å². The first kappa shape index (κ1) is 20.8. The van der Waals surface area contributed by atoms with Crippen molar-refractivity contribution >= 4 is 29.0 Å². The van der Waals surface area contributed by atoms with Gasteiger partial charge in [0.15, 0.2) is 0 Å². The van der Waals surface area contributed by atoms with Crippen LogP contribution < -0.4 is 5.32 Å². The summed E-state index contributed by atoms with van der Waals surface area (Å²) in [7, 11) is 0. The van der Waals surface area contributed by atoms with E-state index in [2.05, 4.69) is 15.3 Å². The molecule has 142 valence electrons. The summed E-state index contributed by atoms with van der Waals surface area (Å²) in [5.41, 5.74) is 1.90. The van der Waals surface area contributed by atoms with E-state index >= 15 is 0 Å². The number of amides is 1. The van der Waals surface area contributed by atoms with Gasteiger partial charge in [0.1, 0.15) is 11.7 Å². The zero-order valence-electron chi connectivity index (χ0n) is 15.7. The maximum Gasteiger partial charge on any atom is 0.229 e. The second kappa shape index (κ2) is 9.97. The normalized spacial score (nSPS) is 13.4. The van der Waals surface area contributed by atoms with Crippen molar-refractivity contribution < 1.29 is 9.18 Å². The third-order valence-corrected chi connectivity index (χ3v) is 4.51. The summed E-state index contributed by atoms with van der Waals surface area (Å²) in [5, 5.41) is 2.85. The highest BCUT2D eigenvalue weighted by Crippen LogP contribution is 2.19. The fourth-order valence-corrected chi connectivity index (χ4v) is 2.64. The largest absolute Gasteiger partial charge is 0.314 e. The molecule has 1 amide bonds. The number of nitrogens with zero attached hydrogens (tertiary/aromatic N) is 2. The Morgan fingerprint density at radius 2 is 2.04 bits per heavy atom. The molecule has 1 heterocycles. The van der Waals surface area contributed by atoms with Crippen molar-refractivity contribution in [2.24, 2.45) is 10.9 Å². The number of carbonyl (C=O) groups excluding carboxylic acids is 1. The first-order valence-electron chi connectivity index (χ1n) is 8.84. The highest BCUT2D eigenvalue weighted by atomic mass is 35.5. The second-order valence-corrected chi connectivity index (χ2v) is 6.56. The third kappa shape index (κ3) is 5.73. The number of aliphatic imine (C=N–C) groups is 1. The van der Waals surface area contributed by atoms with Crippen LogP contribution in [-0.4, -0.2) is 16.7 Å². The molecule has 1 atom stereocenters. The molecule has 0 aliphatic rings. The lowest BCUT2D eigenvalue weighted by Crippen LogP contribution is -2.36. The minimum absolute atomic E-state index is 0.00464. The minimum atomic E-state index is -0.567. The van der Waals surface area contributed by atoms with Crippen LogP contribution in [0.1, 0.15) is 38.3 Å². The van der Waals surface area contributed by atoms with Gasteiger partial charge in [-0.15, -0.1) is 0 Å². The number of benzene rings is 1. The van der Waals surface area contributed by atoms with Gasteiger partial charge >= 0.3 is 0 Å². The zero-order valence-corrected chi connectivity index (χ0v) is 16.4. The van der Waals surface area contributed by atoms with Crippen LogP contribution in [0.25, 0.3) is 5.70 Å². The van der Waals surface area contributed by atoms with Crippen molar-refractivity contribution in [3.63, 3.8) is 0 Å². The molecule has 0 saturated carbocycles. The highest BCUT2D eigenvalue weighted by molar-refractivity contribution is 6.30. The van der Waals surface area contributed by atoms with Gasteiger partial charge in [-0.05, 0) is 37.1 Å². The second-order valence-electron chi connectivity index (χ2n) is 6.15. The van der Waals surface area contributed by atoms with Crippen molar-refractivity contribution in [2.45, 2.75) is 33.6 Å². The molecule has 0 aliphatic carbocycles. The molecule has 0 radical (unpaired) electrons. The number of pyridine rings is 1. The molecule has 0 spiro atoms. The summed E-state index contributed by atoms with van der Waals surface area (Å²) < 4.78 is 14.1. The average molecular weight is 388 g/mol. The smallest absolute Gasteiger partial charge is 0.229 e. The lowest BCUT2D eigenvalue weighted by molar-refractivity contribution is -0.119. The number of hydrogen-bond donors (Lipinski definition) is 1. The van der Waals surface area contributed by atoms with E-state index in [4.69, 9.17) is 11.6 Å². The van der Waals surface area contributed by atoms with E-state index in [-0.39, 0.29) is 28.8 Å². The SMILES string of the molecule is C/C=C(\N=C(NC(=O)Cc1cccc(Cl)c1F)C(C)CC)c1ccncc1. The van der Waals surface area contributed by atoms with E-state index in [1.807, 2.05) is 39.0 Å². The molecule has 1 aromatic carbocycles. The van der Waals surface area contributed by atoms with Crippen LogP contribution in [0, 0.1) is 11.7 Å². The molecule has 0 fully saturated rings. The first-order valence-corrected chi connectivity index (χ1v) is 9.22. The molecule has 6 heteroatoms. The minimum Gasteiger partial charge on any atom is -0.314 e. The maximum atomic E-state index is 14.1. The number of hydrogen-bond acceptors (Lipinski definition) is 3. The molecular weight excluding hydrogens is 365 g/mol. The van der Waals surface area contributed by atoms with Crippen molar-refractivity contribution in [1.29, 1.82) is 0 Å². The van der Waals surface area contributed by atoms with E-state index < -0.39 is 5.82 Å². The Balaban J connectivity index is 2.23. The van der Waals surface area contributed by atoms with Gasteiger partial charge in [-0.2, -0.15) is 0 Å². The maximum absolute atomic E-state index is 14.1. The third-order valence-electron chi connectivity index (χ3n) is 4.22. The zero-order chi connectivity index (χ0) is 19.8.